The molecule has 0 saturated heterocycles. The lowest BCUT2D eigenvalue weighted by atomic mass is 10.1. The van der Waals surface area contributed by atoms with E-state index in [9.17, 15) is 17.6 Å². The molecule has 0 heterocycles. The number of aliphatic imine (C=N–C) groups is 1. The van der Waals surface area contributed by atoms with Gasteiger partial charge in [-0.15, -0.1) is 24.0 Å². The van der Waals surface area contributed by atoms with E-state index in [-0.39, 0.29) is 42.0 Å². The minimum atomic E-state index is -4.61. The molecule has 0 unspecified atom stereocenters. The summed E-state index contributed by atoms with van der Waals surface area (Å²) in [6.45, 7) is 2.25. The van der Waals surface area contributed by atoms with Crippen molar-refractivity contribution in [3.63, 3.8) is 0 Å². The molecule has 1 aromatic rings. The first-order chi connectivity index (χ1) is 8.84. The summed E-state index contributed by atoms with van der Waals surface area (Å²) in [4.78, 5) is 3.80. The number of rotatable bonds is 4. The summed E-state index contributed by atoms with van der Waals surface area (Å²) in [6.07, 6.45) is -3.79. The van der Waals surface area contributed by atoms with Gasteiger partial charge in [-0.1, -0.05) is 13.0 Å². The number of benzene rings is 1. The second-order valence-corrected chi connectivity index (χ2v) is 3.93. The Bertz CT molecular complexity index is 461. The molecule has 0 saturated carbocycles. The number of nitrogens with two attached hydrogens (primary N) is 1. The Morgan fingerprint density at radius 2 is 2.00 bits per heavy atom. The van der Waals surface area contributed by atoms with E-state index in [0.29, 0.717) is 12.6 Å². The van der Waals surface area contributed by atoms with Gasteiger partial charge >= 0.3 is 6.18 Å². The van der Waals surface area contributed by atoms with Gasteiger partial charge in [0.2, 0.25) is 0 Å². The summed E-state index contributed by atoms with van der Waals surface area (Å²) in [5, 5.41) is 2.74. The molecular weight excluding hydrogens is 389 g/mol. The van der Waals surface area contributed by atoms with Gasteiger partial charge in [-0.05, 0) is 24.1 Å². The number of halogens is 5. The Hall–Kier alpha value is -1.06. The first-order valence-corrected chi connectivity index (χ1v) is 5.74. The van der Waals surface area contributed by atoms with Crippen molar-refractivity contribution >= 4 is 29.9 Å². The lowest BCUT2D eigenvalue weighted by molar-refractivity contribution is -0.138. The van der Waals surface area contributed by atoms with Gasteiger partial charge in [-0.25, -0.2) is 9.38 Å². The topological polar surface area (TPSA) is 50.4 Å². The van der Waals surface area contributed by atoms with E-state index < -0.39 is 17.6 Å². The maximum absolute atomic E-state index is 12.9. The SMILES string of the molecule is CCCNC(N)=NCc1ccc(F)cc1C(F)(F)F.I. The summed E-state index contributed by atoms with van der Waals surface area (Å²) in [5.74, 6) is -0.864. The second-order valence-electron chi connectivity index (χ2n) is 3.93. The van der Waals surface area contributed by atoms with Crippen LogP contribution in [0.5, 0.6) is 0 Å². The van der Waals surface area contributed by atoms with Gasteiger partial charge in [0.1, 0.15) is 5.82 Å². The van der Waals surface area contributed by atoms with E-state index in [0.717, 1.165) is 18.6 Å². The van der Waals surface area contributed by atoms with Crippen LogP contribution < -0.4 is 11.1 Å². The van der Waals surface area contributed by atoms with Crippen molar-refractivity contribution in [2.24, 2.45) is 10.7 Å². The third kappa shape index (κ3) is 5.93. The van der Waals surface area contributed by atoms with Crippen molar-refractivity contribution in [3.05, 3.63) is 35.1 Å². The zero-order valence-electron chi connectivity index (χ0n) is 10.8. The molecule has 0 aromatic heterocycles. The molecule has 0 amide bonds. The van der Waals surface area contributed by atoms with Crippen LogP contribution in [0.25, 0.3) is 0 Å². The molecule has 8 heteroatoms. The van der Waals surface area contributed by atoms with Gasteiger partial charge in [0, 0.05) is 6.54 Å². The number of hydrogen-bond donors (Lipinski definition) is 2. The highest BCUT2D eigenvalue weighted by atomic mass is 127. The Morgan fingerprint density at radius 1 is 1.35 bits per heavy atom. The number of hydrogen-bond acceptors (Lipinski definition) is 1. The van der Waals surface area contributed by atoms with E-state index in [1.807, 2.05) is 6.92 Å². The Balaban J connectivity index is 0.00000361. The minimum absolute atomic E-state index is 0. The van der Waals surface area contributed by atoms with Gasteiger partial charge < -0.3 is 11.1 Å². The van der Waals surface area contributed by atoms with Gasteiger partial charge in [-0.2, -0.15) is 13.2 Å². The van der Waals surface area contributed by atoms with Crippen molar-refractivity contribution in [2.75, 3.05) is 6.54 Å². The van der Waals surface area contributed by atoms with Crippen LogP contribution in [-0.2, 0) is 12.7 Å². The van der Waals surface area contributed by atoms with Gasteiger partial charge in [-0.3, -0.25) is 0 Å². The molecular formula is C12H16F4IN3. The van der Waals surface area contributed by atoms with Crippen LogP contribution in [0.2, 0.25) is 0 Å². The minimum Gasteiger partial charge on any atom is -0.370 e. The lowest BCUT2D eigenvalue weighted by Gasteiger charge is -2.12. The highest BCUT2D eigenvalue weighted by Gasteiger charge is 2.33. The molecule has 0 fully saturated rings. The highest BCUT2D eigenvalue weighted by Crippen LogP contribution is 2.32. The van der Waals surface area contributed by atoms with Crippen LogP contribution in [0.3, 0.4) is 0 Å². The third-order valence-electron chi connectivity index (χ3n) is 2.35. The van der Waals surface area contributed by atoms with E-state index in [1.54, 1.807) is 0 Å². The average molecular weight is 405 g/mol. The van der Waals surface area contributed by atoms with E-state index in [1.165, 1.54) is 0 Å². The van der Waals surface area contributed by atoms with Gasteiger partial charge in [0.15, 0.2) is 5.96 Å². The number of nitrogens with zero attached hydrogens (tertiary/aromatic N) is 1. The molecule has 0 bridgehead atoms. The maximum Gasteiger partial charge on any atom is 0.416 e. The quantitative estimate of drug-likeness (QED) is 0.350. The molecule has 114 valence electrons. The summed E-state index contributed by atoms with van der Waals surface area (Å²) in [5.41, 5.74) is 4.34. The van der Waals surface area contributed by atoms with Crippen LogP contribution in [0.15, 0.2) is 23.2 Å². The summed E-state index contributed by atoms with van der Waals surface area (Å²) in [6, 6.07) is 2.49. The fourth-order valence-electron chi connectivity index (χ4n) is 1.43. The second kappa shape index (κ2) is 8.28. The number of alkyl halides is 3. The predicted molar refractivity (Wildman–Crippen MR) is 80.4 cm³/mol. The standard InChI is InChI=1S/C12H15F4N3.HI/c1-2-5-18-11(17)19-7-8-3-4-9(13)6-10(8)12(14,15)16;/h3-4,6H,2,5,7H2,1H3,(H3,17,18,19);1H. The van der Waals surface area contributed by atoms with Crippen LogP contribution in [0, 0.1) is 5.82 Å². The summed E-state index contributed by atoms with van der Waals surface area (Å²) in [7, 11) is 0. The van der Waals surface area contributed by atoms with E-state index in [2.05, 4.69) is 10.3 Å². The van der Waals surface area contributed by atoms with Crippen LogP contribution >= 0.6 is 24.0 Å². The molecule has 0 aliphatic rings. The van der Waals surface area contributed by atoms with Crippen molar-refractivity contribution in [1.29, 1.82) is 0 Å². The normalized spacial score (nSPS) is 11.9. The first kappa shape index (κ1) is 18.9. The molecule has 0 atom stereocenters. The van der Waals surface area contributed by atoms with Crippen molar-refractivity contribution < 1.29 is 17.6 Å². The number of guanidine groups is 1. The molecule has 0 aliphatic carbocycles. The molecule has 1 rings (SSSR count). The fraction of sp³-hybridized carbons (Fsp3) is 0.417. The summed E-state index contributed by atoms with van der Waals surface area (Å²) < 4.78 is 51.0. The first-order valence-electron chi connectivity index (χ1n) is 5.74. The van der Waals surface area contributed by atoms with Gasteiger partial charge in [0.05, 0.1) is 12.1 Å². The molecule has 1 aromatic carbocycles. The summed E-state index contributed by atoms with van der Waals surface area (Å²) >= 11 is 0. The molecule has 3 N–H and O–H groups in total. The lowest BCUT2D eigenvalue weighted by Crippen LogP contribution is -2.32. The molecule has 0 aliphatic heterocycles. The highest BCUT2D eigenvalue weighted by molar-refractivity contribution is 14.0. The van der Waals surface area contributed by atoms with Crippen LogP contribution in [0.4, 0.5) is 17.6 Å². The zero-order valence-corrected chi connectivity index (χ0v) is 13.1. The zero-order chi connectivity index (χ0) is 14.5. The molecule has 0 spiro atoms. The average Bonchev–Trinajstić information content (AvgIpc) is 2.33. The molecule has 3 nitrogen and oxygen atoms in total. The molecule has 20 heavy (non-hydrogen) atoms. The largest absolute Gasteiger partial charge is 0.416 e. The fourth-order valence-corrected chi connectivity index (χ4v) is 1.43. The Labute approximate surface area is 131 Å². The van der Waals surface area contributed by atoms with Crippen molar-refractivity contribution in [1.82, 2.24) is 5.32 Å². The number of nitrogens with one attached hydrogen (secondary N) is 1. The van der Waals surface area contributed by atoms with Crippen molar-refractivity contribution in [2.45, 2.75) is 26.1 Å². The Kier molecular flexibility index (Phi) is 7.84. The third-order valence-corrected chi connectivity index (χ3v) is 2.35. The Morgan fingerprint density at radius 3 is 2.55 bits per heavy atom. The van der Waals surface area contributed by atoms with Crippen molar-refractivity contribution in [3.8, 4) is 0 Å². The van der Waals surface area contributed by atoms with E-state index in [4.69, 9.17) is 5.73 Å². The molecule has 0 radical (unpaired) electrons. The smallest absolute Gasteiger partial charge is 0.370 e. The van der Waals surface area contributed by atoms with Gasteiger partial charge in [0.25, 0.3) is 0 Å². The monoisotopic (exact) mass is 405 g/mol. The predicted octanol–water partition coefficient (Wildman–Crippen LogP) is 3.28. The van der Waals surface area contributed by atoms with E-state index >= 15 is 0 Å². The van der Waals surface area contributed by atoms with Crippen LogP contribution in [0.1, 0.15) is 24.5 Å². The van der Waals surface area contributed by atoms with Crippen LogP contribution in [-0.4, -0.2) is 12.5 Å². The maximum atomic E-state index is 12.9.